The van der Waals surface area contributed by atoms with Gasteiger partial charge in [-0.25, -0.2) is 9.59 Å². The third-order valence-electron chi connectivity index (χ3n) is 4.25. The zero-order valence-electron chi connectivity index (χ0n) is 17.0. The Morgan fingerprint density at radius 2 is 1.74 bits per heavy atom. The summed E-state index contributed by atoms with van der Waals surface area (Å²) in [7, 11) is 1.49. The van der Waals surface area contributed by atoms with Gasteiger partial charge >= 0.3 is 11.9 Å². The van der Waals surface area contributed by atoms with Gasteiger partial charge in [-0.2, -0.15) is 0 Å². The van der Waals surface area contributed by atoms with Gasteiger partial charge in [0.1, 0.15) is 16.3 Å². The van der Waals surface area contributed by atoms with Crippen LogP contribution < -0.4 is 10.1 Å². The summed E-state index contributed by atoms with van der Waals surface area (Å²) < 4.78 is 15.3. The number of nitrogens with one attached hydrogen (secondary N) is 1. The zero-order chi connectivity index (χ0) is 22.2. The first-order valence-corrected chi connectivity index (χ1v) is 10.4. The molecule has 0 spiro atoms. The van der Waals surface area contributed by atoms with Crippen LogP contribution in [-0.2, 0) is 14.3 Å². The second-order valence-electron chi connectivity index (χ2n) is 6.30. The van der Waals surface area contributed by atoms with E-state index in [0.717, 1.165) is 5.56 Å². The molecule has 0 fully saturated rings. The van der Waals surface area contributed by atoms with Crippen LogP contribution in [0.15, 0.2) is 60.0 Å². The van der Waals surface area contributed by atoms with Crippen molar-refractivity contribution in [2.24, 2.45) is 0 Å². The van der Waals surface area contributed by atoms with Crippen LogP contribution in [0, 0.1) is 0 Å². The predicted molar refractivity (Wildman–Crippen MR) is 118 cm³/mol. The molecule has 7 nitrogen and oxygen atoms in total. The highest BCUT2D eigenvalue weighted by Gasteiger charge is 2.23. The number of anilines is 1. The van der Waals surface area contributed by atoms with Crippen LogP contribution in [0.25, 0.3) is 11.1 Å². The van der Waals surface area contributed by atoms with Crippen molar-refractivity contribution in [3.05, 3.63) is 71.1 Å². The van der Waals surface area contributed by atoms with Gasteiger partial charge < -0.3 is 19.5 Å². The van der Waals surface area contributed by atoms with E-state index >= 15 is 0 Å². The van der Waals surface area contributed by atoms with E-state index in [0.29, 0.717) is 16.3 Å². The highest BCUT2D eigenvalue weighted by Crippen LogP contribution is 2.36. The Kier molecular flexibility index (Phi) is 7.40. The first-order valence-electron chi connectivity index (χ1n) is 9.48. The summed E-state index contributed by atoms with van der Waals surface area (Å²) in [5, 5.41) is 4.76. The molecule has 1 aromatic heterocycles. The monoisotopic (exact) mass is 439 g/mol. The van der Waals surface area contributed by atoms with Gasteiger partial charge in [-0.05, 0) is 30.7 Å². The Morgan fingerprint density at radius 3 is 2.45 bits per heavy atom. The van der Waals surface area contributed by atoms with Crippen molar-refractivity contribution in [3.63, 3.8) is 0 Å². The second kappa shape index (κ2) is 10.4. The van der Waals surface area contributed by atoms with Gasteiger partial charge in [0.25, 0.3) is 5.91 Å². The highest BCUT2D eigenvalue weighted by molar-refractivity contribution is 7.15. The summed E-state index contributed by atoms with van der Waals surface area (Å²) in [5.41, 5.74) is 2.02. The molecule has 8 heteroatoms. The first kappa shape index (κ1) is 22.0. The number of hydrogen-bond acceptors (Lipinski definition) is 7. The van der Waals surface area contributed by atoms with E-state index in [4.69, 9.17) is 14.2 Å². The number of ether oxygens (including phenoxy) is 3. The molecule has 1 heterocycles. The standard InChI is InChI=1S/C23H21NO6S/c1-3-29-23(27)20-18(15-8-5-4-6-9-15)14-31-21(20)24-19(25)13-30-22(26)16-10-7-11-17(12-16)28-2/h4-12,14H,3,13H2,1-2H3,(H,24,25). The first-order chi connectivity index (χ1) is 15.0. The fourth-order valence-corrected chi connectivity index (χ4v) is 3.79. The number of methoxy groups -OCH3 is 1. The maximum Gasteiger partial charge on any atom is 0.341 e. The second-order valence-corrected chi connectivity index (χ2v) is 7.18. The maximum absolute atomic E-state index is 12.5. The predicted octanol–water partition coefficient (Wildman–Crippen LogP) is 4.40. The average Bonchev–Trinajstić information content (AvgIpc) is 3.21. The third kappa shape index (κ3) is 5.49. The SMILES string of the molecule is CCOC(=O)c1c(-c2ccccc2)csc1NC(=O)COC(=O)c1cccc(OC)c1. The number of benzene rings is 2. The number of esters is 2. The van der Waals surface area contributed by atoms with Crippen LogP contribution in [0.4, 0.5) is 5.00 Å². The minimum Gasteiger partial charge on any atom is -0.497 e. The number of carbonyl (C=O) groups is 3. The molecule has 0 aliphatic carbocycles. The van der Waals surface area contributed by atoms with Crippen molar-refractivity contribution in [2.75, 3.05) is 25.6 Å². The Bertz CT molecular complexity index is 1080. The summed E-state index contributed by atoms with van der Waals surface area (Å²) in [5.74, 6) is -1.25. The number of amides is 1. The van der Waals surface area contributed by atoms with E-state index in [1.165, 1.54) is 24.5 Å². The molecule has 1 N–H and O–H groups in total. The fourth-order valence-electron chi connectivity index (χ4n) is 2.81. The molecule has 3 rings (SSSR count). The molecule has 0 saturated heterocycles. The third-order valence-corrected chi connectivity index (χ3v) is 5.14. The van der Waals surface area contributed by atoms with E-state index < -0.39 is 24.5 Å². The van der Waals surface area contributed by atoms with E-state index in [1.54, 1.807) is 30.5 Å². The molecule has 160 valence electrons. The fraction of sp³-hybridized carbons (Fsp3) is 0.174. The van der Waals surface area contributed by atoms with Gasteiger partial charge in [0.05, 0.1) is 19.3 Å². The smallest absolute Gasteiger partial charge is 0.341 e. The number of carbonyl (C=O) groups excluding carboxylic acids is 3. The van der Waals surface area contributed by atoms with Crippen LogP contribution in [0.5, 0.6) is 5.75 Å². The lowest BCUT2D eigenvalue weighted by Crippen LogP contribution is -2.21. The van der Waals surface area contributed by atoms with Crippen molar-refractivity contribution < 1.29 is 28.6 Å². The highest BCUT2D eigenvalue weighted by atomic mass is 32.1. The Balaban J connectivity index is 1.72. The zero-order valence-corrected chi connectivity index (χ0v) is 17.9. The molecular weight excluding hydrogens is 418 g/mol. The van der Waals surface area contributed by atoms with Crippen molar-refractivity contribution in [1.82, 2.24) is 0 Å². The largest absolute Gasteiger partial charge is 0.497 e. The molecule has 1 amide bonds. The minimum absolute atomic E-state index is 0.203. The lowest BCUT2D eigenvalue weighted by molar-refractivity contribution is -0.119. The van der Waals surface area contributed by atoms with Crippen molar-refractivity contribution >= 4 is 34.2 Å². The van der Waals surface area contributed by atoms with Crippen LogP contribution in [0.1, 0.15) is 27.6 Å². The lowest BCUT2D eigenvalue weighted by atomic mass is 10.0. The quantitative estimate of drug-likeness (QED) is 0.523. The molecule has 2 aromatic carbocycles. The molecule has 0 atom stereocenters. The van der Waals surface area contributed by atoms with E-state index in [9.17, 15) is 14.4 Å². The van der Waals surface area contributed by atoms with Gasteiger partial charge in [0.15, 0.2) is 6.61 Å². The van der Waals surface area contributed by atoms with E-state index in [1.807, 2.05) is 30.3 Å². The minimum atomic E-state index is -0.657. The van der Waals surface area contributed by atoms with Gasteiger partial charge in [-0.1, -0.05) is 36.4 Å². The Morgan fingerprint density at radius 1 is 0.968 bits per heavy atom. The van der Waals surface area contributed by atoms with Crippen molar-refractivity contribution in [1.29, 1.82) is 0 Å². The molecular formula is C23H21NO6S. The molecule has 0 unspecified atom stereocenters. The van der Waals surface area contributed by atoms with Gasteiger partial charge in [-0.3, -0.25) is 4.79 Å². The molecule has 31 heavy (non-hydrogen) atoms. The summed E-state index contributed by atoms with van der Waals surface area (Å²) >= 11 is 1.20. The van der Waals surface area contributed by atoms with E-state index in [2.05, 4.69) is 5.32 Å². The van der Waals surface area contributed by atoms with E-state index in [-0.39, 0.29) is 17.7 Å². The molecule has 0 radical (unpaired) electrons. The summed E-state index contributed by atoms with van der Waals surface area (Å²) in [4.78, 5) is 37.1. The average molecular weight is 439 g/mol. The number of hydrogen-bond donors (Lipinski definition) is 1. The number of thiophene rings is 1. The normalized spacial score (nSPS) is 10.3. The summed E-state index contributed by atoms with van der Waals surface area (Å²) in [6.07, 6.45) is 0. The molecule has 0 bridgehead atoms. The molecule has 3 aromatic rings. The Labute approximate surface area is 183 Å². The van der Waals surface area contributed by atoms with Crippen molar-refractivity contribution in [2.45, 2.75) is 6.92 Å². The molecule has 0 aliphatic heterocycles. The lowest BCUT2D eigenvalue weighted by Gasteiger charge is -2.09. The Hall–Kier alpha value is -3.65. The van der Waals surface area contributed by atoms with Crippen LogP contribution >= 0.6 is 11.3 Å². The number of rotatable bonds is 8. The van der Waals surface area contributed by atoms with Crippen LogP contribution in [0.3, 0.4) is 0 Å². The van der Waals surface area contributed by atoms with Crippen LogP contribution in [0.2, 0.25) is 0 Å². The van der Waals surface area contributed by atoms with Crippen LogP contribution in [-0.4, -0.2) is 38.2 Å². The maximum atomic E-state index is 12.5. The van der Waals surface area contributed by atoms with Crippen molar-refractivity contribution in [3.8, 4) is 16.9 Å². The molecule has 0 saturated carbocycles. The van der Waals surface area contributed by atoms with Gasteiger partial charge in [0, 0.05) is 10.9 Å². The molecule has 0 aliphatic rings. The van der Waals surface area contributed by atoms with Gasteiger partial charge in [0.2, 0.25) is 0 Å². The topological polar surface area (TPSA) is 90.9 Å². The summed E-state index contributed by atoms with van der Waals surface area (Å²) in [6.45, 7) is 1.41. The van der Waals surface area contributed by atoms with Gasteiger partial charge in [-0.15, -0.1) is 11.3 Å². The summed E-state index contributed by atoms with van der Waals surface area (Å²) in [6, 6.07) is 15.8.